The van der Waals surface area contributed by atoms with E-state index in [1.807, 2.05) is 0 Å². The van der Waals surface area contributed by atoms with Gasteiger partial charge in [0.15, 0.2) is 0 Å². The highest BCUT2D eigenvalue weighted by Crippen LogP contribution is 2.09. The SMILES string of the molecule is [N-]=[N+]=NCC(O)OC(=O)N1CCCC1. The molecule has 0 aromatic rings. The summed E-state index contributed by atoms with van der Waals surface area (Å²) in [4.78, 5) is 15.2. The number of likely N-dealkylation sites (tertiary alicyclic amines) is 1. The van der Waals surface area contributed by atoms with Crippen molar-refractivity contribution in [1.29, 1.82) is 0 Å². The number of nitrogens with zero attached hydrogens (tertiary/aromatic N) is 4. The van der Waals surface area contributed by atoms with Gasteiger partial charge in [-0.3, -0.25) is 0 Å². The second-order valence-corrected chi connectivity index (χ2v) is 2.95. The normalized spacial score (nSPS) is 17.4. The van der Waals surface area contributed by atoms with Gasteiger partial charge in [-0.2, -0.15) is 0 Å². The van der Waals surface area contributed by atoms with E-state index in [4.69, 9.17) is 10.6 Å². The Hall–Kier alpha value is -1.46. The summed E-state index contributed by atoms with van der Waals surface area (Å²) < 4.78 is 4.61. The van der Waals surface area contributed by atoms with Crippen LogP contribution in [0.1, 0.15) is 12.8 Å². The van der Waals surface area contributed by atoms with E-state index in [1.54, 1.807) is 0 Å². The molecular weight excluding hydrogens is 188 g/mol. The van der Waals surface area contributed by atoms with Gasteiger partial charge in [0.2, 0.25) is 6.29 Å². The van der Waals surface area contributed by atoms with Crippen molar-refractivity contribution in [2.24, 2.45) is 5.11 Å². The highest BCUT2D eigenvalue weighted by atomic mass is 16.6. The van der Waals surface area contributed by atoms with Crippen LogP contribution in [0.25, 0.3) is 10.4 Å². The largest absolute Gasteiger partial charge is 0.420 e. The fraction of sp³-hybridized carbons (Fsp3) is 0.857. The molecule has 1 saturated heterocycles. The van der Waals surface area contributed by atoms with Gasteiger partial charge in [-0.15, -0.1) is 0 Å². The number of ether oxygens (including phenoxy) is 1. The second kappa shape index (κ2) is 5.31. The lowest BCUT2D eigenvalue weighted by Gasteiger charge is -2.17. The van der Waals surface area contributed by atoms with Crippen molar-refractivity contribution in [2.75, 3.05) is 19.6 Å². The maximum atomic E-state index is 11.2. The minimum atomic E-state index is -1.35. The van der Waals surface area contributed by atoms with Crippen molar-refractivity contribution in [1.82, 2.24) is 4.90 Å². The molecular formula is C7H12N4O3. The van der Waals surface area contributed by atoms with Gasteiger partial charge in [0.1, 0.15) is 0 Å². The summed E-state index contributed by atoms with van der Waals surface area (Å²) in [5.41, 5.74) is 7.96. The number of azide groups is 1. The molecule has 1 heterocycles. The molecule has 7 heteroatoms. The van der Waals surface area contributed by atoms with Crippen molar-refractivity contribution < 1.29 is 14.6 Å². The van der Waals surface area contributed by atoms with Gasteiger partial charge >= 0.3 is 6.09 Å². The van der Waals surface area contributed by atoms with Crippen LogP contribution in [0.5, 0.6) is 0 Å². The minimum absolute atomic E-state index is 0.254. The topological polar surface area (TPSA) is 98.5 Å². The van der Waals surface area contributed by atoms with Gasteiger partial charge in [-0.25, -0.2) is 4.79 Å². The first-order chi connectivity index (χ1) is 6.74. The summed E-state index contributed by atoms with van der Waals surface area (Å²) in [5, 5.41) is 12.2. The highest BCUT2D eigenvalue weighted by molar-refractivity contribution is 5.67. The Morgan fingerprint density at radius 1 is 1.64 bits per heavy atom. The maximum absolute atomic E-state index is 11.2. The third-order valence-electron chi connectivity index (χ3n) is 1.90. The zero-order valence-corrected chi connectivity index (χ0v) is 7.67. The summed E-state index contributed by atoms with van der Waals surface area (Å²) >= 11 is 0. The smallest absolute Gasteiger partial charge is 0.412 e. The molecule has 14 heavy (non-hydrogen) atoms. The predicted molar refractivity (Wildman–Crippen MR) is 47.3 cm³/mol. The number of amides is 1. The molecule has 0 saturated carbocycles. The monoisotopic (exact) mass is 200 g/mol. The molecule has 0 aromatic heterocycles. The van der Waals surface area contributed by atoms with Gasteiger partial charge in [0, 0.05) is 18.0 Å². The molecule has 0 spiro atoms. The zero-order chi connectivity index (χ0) is 10.4. The Morgan fingerprint density at radius 3 is 2.86 bits per heavy atom. The van der Waals surface area contributed by atoms with Crippen LogP contribution in [0.4, 0.5) is 4.79 Å². The molecule has 1 unspecified atom stereocenters. The van der Waals surface area contributed by atoms with E-state index in [0.717, 1.165) is 12.8 Å². The van der Waals surface area contributed by atoms with Crippen LogP contribution in [0.2, 0.25) is 0 Å². The molecule has 1 aliphatic heterocycles. The van der Waals surface area contributed by atoms with Crippen LogP contribution in [0.15, 0.2) is 5.11 Å². The molecule has 1 aliphatic rings. The molecule has 0 radical (unpaired) electrons. The molecule has 0 bridgehead atoms. The Balaban J connectivity index is 2.28. The minimum Gasteiger partial charge on any atom is -0.420 e. The second-order valence-electron chi connectivity index (χ2n) is 2.95. The molecule has 1 rings (SSSR count). The Bertz CT molecular complexity index is 245. The number of rotatable bonds is 3. The fourth-order valence-corrected chi connectivity index (χ4v) is 1.23. The maximum Gasteiger partial charge on any atom is 0.412 e. The Labute approximate surface area is 80.9 Å². The van der Waals surface area contributed by atoms with Crippen molar-refractivity contribution in [3.05, 3.63) is 10.4 Å². The average molecular weight is 200 g/mol. The predicted octanol–water partition coefficient (Wildman–Crippen LogP) is 0.848. The molecule has 1 N–H and O–H groups in total. The zero-order valence-electron chi connectivity index (χ0n) is 7.67. The number of hydrogen-bond acceptors (Lipinski definition) is 4. The highest BCUT2D eigenvalue weighted by Gasteiger charge is 2.21. The average Bonchev–Trinajstić information content (AvgIpc) is 2.67. The lowest BCUT2D eigenvalue weighted by molar-refractivity contribution is -0.0550. The summed E-state index contributed by atoms with van der Waals surface area (Å²) in [7, 11) is 0. The van der Waals surface area contributed by atoms with Gasteiger partial charge < -0.3 is 14.7 Å². The number of aliphatic hydroxyl groups is 1. The number of carbonyl (C=O) groups is 1. The lowest BCUT2D eigenvalue weighted by atomic mass is 10.4. The van der Waals surface area contributed by atoms with E-state index in [1.165, 1.54) is 4.90 Å². The van der Waals surface area contributed by atoms with Crippen LogP contribution >= 0.6 is 0 Å². The van der Waals surface area contributed by atoms with E-state index < -0.39 is 12.4 Å². The van der Waals surface area contributed by atoms with Gasteiger partial charge in [-0.05, 0) is 18.4 Å². The molecule has 7 nitrogen and oxygen atoms in total. The first kappa shape index (κ1) is 10.6. The summed E-state index contributed by atoms with van der Waals surface area (Å²) in [5.74, 6) is 0. The van der Waals surface area contributed by atoms with Crippen molar-refractivity contribution >= 4 is 6.09 Å². The molecule has 1 fully saturated rings. The van der Waals surface area contributed by atoms with Crippen molar-refractivity contribution in [3.8, 4) is 0 Å². The van der Waals surface area contributed by atoms with E-state index in [2.05, 4.69) is 14.8 Å². The van der Waals surface area contributed by atoms with Gasteiger partial charge in [-0.1, -0.05) is 5.11 Å². The lowest BCUT2D eigenvalue weighted by Crippen LogP contribution is -2.32. The van der Waals surface area contributed by atoms with E-state index in [9.17, 15) is 4.79 Å². The van der Waals surface area contributed by atoms with E-state index >= 15 is 0 Å². The summed E-state index contributed by atoms with van der Waals surface area (Å²) in [6.45, 7) is 1.07. The van der Waals surface area contributed by atoms with Crippen LogP contribution in [0, 0.1) is 0 Å². The Kier molecular flexibility index (Phi) is 4.03. The fourth-order valence-electron chi connectivity index (χ4n) is 1.23. The third kappa shape index (κ3) is 3.12. The van der Waals surface area contributed by atoms with Crippen molar-refractivity contribution in [2.45, 2.75) is 19.1 Å². The van der Waals surface area contributed by atoms with Crippen LogP contribution in [-0.4, -0.2) is 42.0 Å². The standard InChI is InChI=1S/C7H12N4O3/c8-10-9-5-6(12)14-7(13)11-3-1-2-4-11/h6,12H,1-5H2. The Morgan fingerprint density at radius 2 is 2.29 bits per heavy atom. The first-order valence-electron chi connectivity index (χ1n) is 4.38. The third-order valence-corrected chi connectivity index (χ3v) is 1.90. The number of carbonyl (C=O) groups excluding carboxylic acids is 1. The molecule has 1 amide bonds. The molecule has 78 valence electrons. The van der Waals surface area contributed by atoms with E-state index in [0.29, 0.717) is 13.1 Å². The summed E-state index contributed by atoms with van der Waals surface area (Å²) in [6.07, 6.45) is 0.0189. The molecule has 1 atom stereocenters. The van der Waals surface area contributed by atoms with Gasteiger partial charge in [0.25, 0.3) is 0 Å². The van der Waals surface area contributed by atoms with E-state index in [-0.39, 0.29) is 6.54 Å². The first-order valence-corrected chi connectivity index (χ1v) is 4.38. The quantitative estimate of drug-likeness (QED) is 0.316. The summed E-state index contributed by atoms with van der Waals surface area (Å²) in [6, 6.07) is 0. The number of hydrogen-bond donors (Lipinski definition) is 1. The van der Waals surface area contributed by atoms with Gasteiger partial charge in [0.05, 0.1) is 6.54 Å². The van der Waals surface area contributed by atoms with Crippen molar-refractivity contribution in [3.63, 3.8) is 0 Å². The van der Waals surface area contributed by atoms with Crippen LogP contribution in [-0.2, 0) is 4.74 Å². The van der Waals surface area contributed by atoms with Crippen LogP contribution < -0.4 is 0 Å². The number of aliphatic hydroxyl groups excluding tert-OH is 1. The molecule has 0 aliphatic carbocycles. The molecule has 0 aromatic carbocycles. The van der Waals surface area contributed by atoms with Crippen LogP contribution in [0.3, 0.4) is 0 Å².